The Kier molecular flexibility index (Phi) is 12.3. The van der Waals surface area contributed by atoms with Crippen molar-refractivity contribution in [3.63, 3.8) is 0 Å². The van der Waals surface area contributed by atoms with Crippen molar-refractivity contribution in [2.75, 3.05) is 46.4 Å². The molecule has 1 aromatic carbocycles. The zero-order valence-corrected chi connectivity index (χ0v) is 16.1. The van der Waals surface area contributed by atoms with E-state index in [1.54, 1.807) is 0 Å². The molecule has 25 heavy (non-hydrogen) atoms. The molecule has 0 aliphatic rings. The first kappa shape index (κ1) is 21.9. The smallest absolute Gasteiger partial charge is 0.119 e. The van der Waals surface area contributed by atoms with Crippen LogP contribution in [0.3, 0.4) is 0 Å². The van der Waals surface area contributed by atoms with Crippen LogP contribution >= 0.6 is 0 Å². The second kappa shape index (κ2) is 14.0. The van der Waals surface area contributed by atoms with Crippen molar-refractivity contribution in [3.05, 3.63) is 29.8 Å². The van der Waals surface area contributed by atoms with Crippen LogP contribution in [0.25, 0.3) is 0 Å². The SMILES string of the molecule is CNCCNC(C)CNC(C)CCNCCOc1cccc(CN)c1. The highest BCUT2D eigenvalue weighted by atomic mass is 16.5. The fourth-order valence-corrected chi connectivity index (χ4v) is 2.44. The third-order valence-corrected chi connectivity index (χ3v) is 4.08. The lowest BCUT2D eigenvalue weighted by Crippen LogP contribution is -2.42. The largest absolute Gasteiger partial charge is 0.492 e. The van der Waals surface area contributed by atoms with Crippen LogP contribution in [0.4, 0.5) is 0 Å². The molecular formula is C19H37N5O. The highest BCUT2D eigenvalue weighted by Crippen LogP contribution is 2.12. The Morgan fingerprint density at radius 3 is 2.64 bits per heavy atom. The number of nitrogens with two attached hydrogens (primary N) is 1. The number of nitrogens with one attached hydrogen (secondary N) is 4. The molecule has 1 rings (SSSR count). The topological polar surface area (TPSA) is 83.4 Å². The zero-order chi connectivity index (χ0) is 18.3. The zero-order valence-electron chi connectivity index (χ0n) is 16.1. The molecule has 2 unspecified atom stereocenters. The summed E-state index contributed by atoms with van der Waals surface area (Å²) in [5.41, 5.74) is 6.73. The Morgan fingerprint density at radius 2 is 1.88 bits per heavy atom. The predicted molar refractivity (Wildman–Crippen MR) is 106 cm³/mol. The normalized spacial score (nSPS) is 13.6. The van der Waals surface area contributed by atoms with Gasteiger partial charge >= 0.3 is 0 Å². The van der Waals surface area contributed by atoms with Crippen LogP contribution in [0.1, 0.15) is 25.8 Å². The Balaban J connectivity index is 1.99. The lowest BCUT2D eigenvalue weighted by Gasteiger charge is -2.19. The van der Waals surface area contributed by atoms with Gasteiger partial charge in [-0.2, -0.15) is 0 Å². The molecule has 144 valence electrons. The molecular weight excluding hydrogens is 314 g/mol. The van der Waals surface area contributed by atoms with Gasteiger partial charge in [-0.05, 0) is 51.6 Å². The van der Waals surface area contributed by atoms with E-state index >= 15 is 0 Å². The fourth-order valence-electron chi connectivity index (χ4n) is 2.44. The van der Waals surface area contributed by atoms with E-state index in [0.717, 1.165) is 50.5 Å². The summed E-state index contributed by atoms with van der Waals surface area (Å²) in [6.45, 7) is 10.5. The summed E-state index contributed by atoms with van der Waals surface area (Å²) in [4.78, 5) is 0. The minimum atomic E-state index is 0.487. The summed E-state index contributed by atoms with van der Waals surface area (Å²) in [5, 5.41) is 13.6. The highest BCUT2D eigenvalue weighted by molar-refractivity contribution is 5.28. The first-order valence-electron chi connectivity index (χ1n) is 9.39. The summed E-state index contributed by atoms with van der Waals surface area (Å²) in [6, 6.07) is 8.95. The molecule has 0 bridgehead atoms. The lowest BCUT2D eigenvalue weighted by molar-refractivity contribution is 0.312. The predicted octanol–water partition coefficient (Wildman–Crippen LogP) is 0.679. The van der Waals surface area contributed by atoms with Gasteiger partial charge in [0.05, 0.1) is 0 Å². The van der Waals surface area contributed by atoms with Crippen LogP contribution < -0.4 is 31.7 Å². The third kappa shape index (κ3) is 11.1. The van der Waals surface area contributed by atoms with Crippen molar-refractivity contribution in [3.8, 4) is 5.75 Å². The van der Waals surface area contributed by atoms with E-state index in [1.807, 2.05) is 31.3 Å². The monoisotopic (exact) mass is 351 g/mol. The highest BCUT2D eigenvalue weighted by Gasteiger charge is 2.04. The Morgan fingerprint density at radius 1 is 1.04 bits per heavy atom. The third-order valence-electron chi connectivity index (χ3n) is 4.08. The van der Waals surface area contributed by atoms with Crippen molar-refractivity contribution >= 4 is 0 Å². The van der Waals surface area contributed by atoms with E-state index in [4.69, 9.17) is 10.5 Å². The first-order valence-corrected chi connectivity index (χ1v) is 9.39. The first-order chi connectivity index (χ1) is 12.2. The number of likely N-dealkylation sites (N-methyl/N-ethyl adjacent to an activating group) is 1. The van der Waals surface area contributed by atoms with Gasteiger partial charge in [0.25, 0.3) is 0 Å². The second-order valence-electron chi connectivity index (χ2n) is 6.51. The summed E-state index contributed by atoms with van der Waals surface area (Å²) in [5.74, 6) is 0.888. The van der Waals surface area contributed by atoms with Gasteiger partial charge in [0, 0.05) is 44.8 Å². The molecule has 0 amide bonds. The standard InChI is InChI=1S/C19H37N5O/c1-16(24-15-17(2)23-10-9-21-3)7-8-22-11-12-25-19-6-4-5-18(13-19)14-20/h4-6,13,16-17,21-24H,7-12,14-15,20H2,1-3H3. The van der Waals surface area contributed by atoms with Crippen LogP contribution in [0.5, 0.6) is 5.75 Å². The van der Waals surface area contributed by atoms with Gasteiger partial charge in [0.2, 0.25) is 0 Å². The summed E-state index contributed by atoms with van der Waals surface area (Å²) in [7, 11) is 1.97. The summed E-state index contributed by atoms with van der Waals surface area (Å²) < 4.78 is 5.73. The quantitative estimate of drug-likeness (QED) is 0.299. The molecule has 0 heterocycles. The Hall–Kier alpha value is -1.18. The van der Waals surface area contributed by atoms with E-state index in [9.17, 15) is 0 Å². The van der Waals surface area contributed by atoms with Gasteiger partial charge in [-0.3, -0.25) is 0 Å². The maximum Gasteiger partial charge on any atom is 0.119 e. The van der Waals surface area contributed by atoms with Crippen LogP contribution in [-0.2, 0) is 6.54 Å². The van der Waals surface area contributed by atoms with Crippen LogP contribution in [0.15, 0.2) is 24.3 Å². The molecule has 1 aromatic rings. The van der Waals surface area contributed by atoms with E-state index in [2.05, 4.69) is 35.1 Å². The molecule has 0 saturated carbocycles. The molecule has 0 fully saturated rings. The van der Waals surface area contributed by atoms with Crippen LogP contribution in [-0.4, -0.2) is 58.5 Å². The number of ether oxygens (including phenoxy) is 1. The molecule has 0 aliphatic heterocycles. The minimum absolute atomic E-state index is 0.487. The lowest BCUT2D eigenvalue weighted by atomic mass is 10.2. The van der Waals surface area contributed by atoms with Crippen molar-refractivity contribution in [1.82, 2.24) is 21.3 Å². The summed E-state index contributed by atoms with van der Waals surface area (Å²) >= 11 is 0. The summed E-state index contributed by atoms with van der Waals surface area (Å²) in [6.07, 6.45) is 1.10. The van der Waals surface area contributed by atoms with Gasteiger partial charge in [0.15, 0.2) is 0 Å². The molecule has 6 heteroatoms. The molecule has 0 aromatic heterocycles. The molecule has 2 atom stereocenters. The number of hydrogen-bond acceptors (Lipinski definition) is 6. The number of benzene rings is 1. The minimum Gasteiger partial charge on any atom is -0.492 e. The van der Waals surface area contributed by atoms with Crippen molar-refractivity contribution in [2.45, 2.75) is 38.9 Å². The van der Waals surface area contributed by atoms with Crippen LogP contribution in [0.2, 0.25) is 0 Å². The Bertz CT molecular complexity index is 444. The van der Waals surface area contributed by atoms with E-state index in [0.29, 0.717) is 25.2 Å². The molecule has 0 radical (unpaired) electrons. The fraction of sp³-hybridized carbons (Fsp3) is 0.684. The molecule has 6 N–H and O–H groups in total. The van der Waals surface area contributed by atoms with Gasteiger partial charge in [-0.1, -0.05) is 12.1 Å². The average Bonchev–Trinajstić information content (AvgIpc) is 2.63. The van der Waals surface area contributed by atoms with E-state index < -0.39 is 0 Å². The average molecular weight is 352 g/mol. The van der Waals surface area contributed by atoms with Crippen molar-refractivity contribution in [2.24, 2.45) is 5.73 Å². The maximum absolute atomic E-state index is 5.73. The van der Waals surface area contributed by atoms with Gasteiger partial charge in [0.1, 0.15) is 12.4 Å². The maximum atomic E-state index is 5.73. The van der Waals surface area contributed by atoms with Crippen molar-refractivity contribution < 1.29 is 4.74 Å². The van der Waals surface area contributed by atoms with Gasteiger partial charge < -0.3 is 31.7 Å². The number of hydrogen-bond donors (Lipinski definition) is 5. The van der Waals surface area contributed by atoms with E-state index in [1.165, 1.54) is 0 Å². The molecule has 0 aliphatic carbocycles. The van der Waals surface area contributed by atoms with Gasteiger partial charge in [-0.25, -0.2) is 0 Å². The molecule has 0 saturated heterocycles. The second-order valence-corrected chi connectivity index (χ2v) is 6.51. The Labute approximate surface area is 153 Å². The van der Waals surface area contributed by atoms with E-state index in [-0.39, 0.29) is 0 Å². The van der Waals surface area contributed by atoms with Gasteiger partial charge in [-0.15, -0.1) is 0 Å². The van der Waals surface area contributed by atoms with Crippen molar-refractivity contribution in [1.29, 1.82) is 0 Å². The van der Waals surface area contributed by atoms with Crippen LogP contribution in [0, 0.1) is 0 Å². The number of rotatable bonds is 15. The molecule has 0 spiro atoms. The molecule has 6 nitrogen and oxygen atoms in total.